The third-order valence-electron chi connectivity index (χ3n) is 4.04. The molecule has 2 heterocycles. The average molecular weight is 332 g/mol. The van der Waals surface area contributed by atoms with Gasteiger partial charge in [0.2, 0.25) is 0 Å². The molecule has 0 saturated carbocycles. The summed E-state index contributed by atoms with van der Waals surface area (Å²) in [6.07, 6.45) is 3.54. The van der Waals surface area contributed by atoms with Gasteiger partial charge in [0.15, 0.2) is 5.89 Å². The van der Waals surface area contributed by atoms with Gasteiger partial charge in [-0.3, -0.25) is 0 Å². The lowest BCUT2D eigenvalue weighted by molar-refractivity contribution is 0.0697. The molecule has 7 nitrogen and oxygen atoms in total. The van der Waals surface area contributed by atoms with E-state index in [2.05, 4.69) is 10.3 Å². The summed E-state index contributed by atoms with van der Waals surface area (Å²) in [5.41, 5.74) is 0.792. The number of carboxylic acids is 1. The molecule has 1 aromatic heterocycles. The minimum absolute atomic E-state index is 0.193. The third kappa shape index (κ3) is 3.68. The molecule has 1 aliphatic heterocycles. The van der Waals surface area contributed by atoms with Crippen LogP contribution < -0.4 is 10.1 Å². The van der Waals surface area contributed by atoms with Crippen LogP contribution >= 0.6 is 0 Å². The second-order valence-electron chi connectivity index (χ2n) is 5.63. The van der Waals surface area contributed by atoms with E-state index in [1.165, 1.54) is 12.1 Å². The summed E-state index contributed by atoms with van der Waals surface area (Å²) in [7, 11) is 1.54. The van der Waals surface area contributed by atoms with Crippen molar-refractivity contribution in [1.29, 1.82) is 0 Å². The minimum Gasteiger partial charge on any atom is -0.495 e. The van der Waals surface area contributed by atoms with Gasteiger partial charge in [-0.15, -0.1) is 0 Å². The molecule has 1 aliphatic rings. The molecule has 2 N–H and O–H groups in total. The number of carboxylic acid groups (broad SMARTS) is 1. The highest BCUT2D eigenvalue weighted by Crippen LogP contribution is 2.28. The van der Waals surface area contributed by atoms with Crippen LogP contribution in [-0.2, 0) is 11.3 Å². The Morgan fingerprint density at radius 2 is 2.21 bits per heavy atom. The molecule has 0 radical (unpaired) electrons. The molecule has 0 spiro atoms. The SMILES string of the molecule is COc1ccc(C(=O)O)cc1NCc1cnc(C2CCOCC2)o1. The number of aromatic nitrogens is 1. The number of aromatic carboxylic acids is 1. The van der Waals surface area contributed by atoms with Crippen LogP contribution in [0.5, 0.6) is 5.75 Å². The van der Waals surface area contributed by atoms with Crippen LogP contribution in [0.4, 0.5) is 5.69 Å². The predicted octanol–water partition coefficient (Wildman–Crippen LogP) is 2.89. The topological polar surface area (TPSA) is 93.8 Å². The zero-order chi connectivity index (χ0) is 16.9. The van der Waals surface area contributed by atoms with Crippen LogP contribution in [0.1, 0.15) is 40.8 Å². The Balaban J connectivity index is 1.68. The minimum atomic E-state index is -0.984. The third-order valence-corrected chi connectivity index (χ3v) is 4.04. The van der Waals surface area contributed by atoms with Gasteiger partial charge in [-0.2, -0.15) is 0 Å². The van der Waals surface area contributed by atoms with Gasteiger partial charge in [0.1, 0.15) is 11.5 Å². The van der Waals surface area contributed by atoms with Crippen molar-refractivity contribution < 1.29 is 23.8 Å². The summed E-state index contributed by atoms with van der Waals surface area (Å²) in [6.45, 7) is 1.87. The summed E-state index contributed by atoms with van der Waals surface area (Å²) in [5.74, 6) is 1.32. The zero-order valence-corrected chi connectivity index (χ0v) is 13.4. The molecule has 0 atom stereocenters. The smallest absolute Gasteiger partial charge is 0.335 e. The number of carbonyl (C=O) groups is 1. The molecule has 2 aromatic rings. The fraction of sp³-hybridized carbons (Fsp3) is 0.412. The Kier molecular flexibility index (Phi) is 5.00. The number of rotatable bonds is 6. The van der Waals surface area contributed by atoms with E-state index in [0.717, 1.165) is 31.9 Å². The number of hydrogen-bond donors (Lipinski definition) is 2. The Morgan fingerprint density at radius 3 is 2.92 bits per heavy atom. The van der Waals surface area contributed by atoms with E-state index in [1.54, 1.807) is 19.4 Å². The van der Waals surface area contributed by atoms with E-state index in [1.807, 2.05) is 0 Å². The van der Waals surface area contributed by atoms with Crippen LogP contribution in [0.2, 0.25) is 0 Å². The second kappa shape index (κ2) is 7.35. The Labute approximate surface area is 139 Å². The van der Waals surface area contributed by atoms with Crippen molar-refractivity contribution in [1.82, 2.24) is 4.98 Å². The van der Waals surface area contributed by atoms with Gasteiger partial charge in [-0.05, 0) is 31.0 Å². The van der Waals surface area contributed by atoms with Gasteiger partial charge >= 0.3 is 5.97 Å². The van der Waals surface area contributed by atoms with Crippen LogP contribution in [-0.4, -0.2) is 36.4 Å². The van der Waals surface area contributed by atoms with Gasteiger partial charge in [-0.1, -0.05) is 0 Å². The fourth-order valence-electron chi connectivity index (χ4n) is 2.70. The monoisotopic (exact) mass is 332 g/mol. The number of anilines is 1. The molecule has 3 rings (SSSR count). The van der Waals surface area contributed by atoms with Gasteiger partial charge < -0.3 is 24.3 Å². The highest BCUT2D eigenvalue weighted by atomic mass is 16.5. The number of hydrogen-bond acceptors (Lipinski definition) is 6. The predicted molar refractivity (Wildman–Crippen MR) is 86.6 cm³/mol. The van der Waals surface area contributed by atoms with E-state index in [4.69, 9.17) is 19.0 Å². The van der Waals surface area contributed by atoms with E-state index in [9.17, 15) is 4.79 Å². The molecule has 0 unspecified atom stereocenters. The highest BCUT2D eigenvalue weighted by Gasteiger charge is 2.20. The van der Waals surface area contributed by atoms with Gasteiger partial charge in [-0.25, -0.2) is 9.78 Å². The maximum Gasteiger partial charge on any atom is 0.335 e. The Bertz CT molecular complexity index is 707. The molecular weight excluding hydrogens is 312 g/mol. The second-order valence-corrected chi connectivity index (χ2v) is 5.63. The summed E-state index contributed by atoms with van der Waals surface area (Å²) in [6, 6.07) is 4.67. The first-order valence-electron chi connectivity index (χ1n) is 7.85. The lowest BCUT2D eigenvalue weighted by atomic mass is 10.0. The molecule has 0 aliphatic carbocycles. The molecule has 1 aromatic carbocycles. The lowest BCUT2D eigenvalue weighted by Crippen LogP contribution is -2.14. The first-order chi connectivity index (χ1) is 11.7. The molecule has 1 saturated heterocycles. The summed E-state index contributed by atoms with van der Waals surface area (Å²) < 4.78 is 16.4. The first-order valence-corrected chi connectivity index (χ1v) is 7.85. The van der Waals surface area contributed by atoms with Crippen molar-refractivity contribution in [3.63, 3.8) is 0 Å². The van der Waals surface area contributed by atoms with Gasteiger partial charge in [0.25, 0.3) is 0 Å². The van der Waals surface area contributed by atoms with Crippen molar-refractivity contribution in [3.8, 4) is 5.75 Å². The largest absolute Gasteiger partial charge is 0.495 e. The number of nitrogens with zero attached hydrogens (tertiary/aromatic N) is 1. The van der Waals surface area contributed by atoms with Crippen LogP contribution in [0.25, 0.3) is 0 Å². The van der Waals surface area contributed by atoms with Gasteiger partial charge in [0, 0.05) is 19.1 Å². The van der Waals surface area contributed by atoms with Crippen LogP contribution in [0, 0.1) is 0 Å². The Hall–Kier alpha value is -2.54. The number of oxazole rings is 1. The fourth-order valence-corrected chi connectivity index (χ4v) is 2.70. The van der Waals surface area contributed by atoms with E-state index in [-0.39, 0.29) is 5.56 Å². The average Bonchev–Trinajstić information content (AvgIpc) is 3.09. The number of methoxy groups -OCH3 is 1. The molecule has 128 valence electrons. The quantitative estimate of drug-likeness (QED) is 0.840. The van der Waals surface area contributed by atoms with Crippen LogP contribution in [0.3, 0.4) is 0 Å². The number of ether oxygens (including phenoxy) is 2. The number of benzene rings is 1. The molecule has 7 heteroatoms. The summed E-state index contributed by atoms with van der Waals surface area (Å²) in [5, 5.41) is 12.2. The lowest BCUT2D eigenvalue weighted by Gasteiger charge is -2.18. The maximum absolute atomic E-state index is 11.1. The molecule has 0 bridgehead atoms. The van der Waals surface area contributed by atoms with Crippen molar-refractivity contribution in [2.24, 2.45) is 0 Å². The standard InChI is InChI=1S/C17H20N2O5/c1-22-15-3-2-12(17(20)21)8-14(15)18-9-13-10-19-16(24-13)11-4-6-23-7-5-11/h2-3,8,10-11,18H,4-7,9H2,1H3,(H,20,21). The summed E-state index contributed by atoms with van der Waals surface area (Å²) >= 11 is 0. The van der Waals surface area contributed by atoms with Crippen molar-refractivity contribution in [3.05, 3.63) is 41.6 Å². The van der Waals surface area contributed by atoms with E-state index in [0.29, 0.717) is 29.7 Å². The van der Waals surface area contributed by atoms with Crippen molar-refractivity contribution >= 4 is 11.7 Å². The van der Waals surface area contributed by atoms with Crippen molar-refractivity contribution in [2.45, 2.75) is 25.3 Å². The molecular formula is C17H20N2O5. The molecule has 0 amide bonds. The van der Waals surface area contributed by atoms with Crippen molar-refractivity contribution in [2.75, 3.05) is 25.6 Å². The normalized spacial score (nSPS) is 15.2. The molecule has 1 fully saturated rings. The van der Waals surface area contributed by atoms with Crippen LogP contribution in [0.15, 0.2) is 28.8 Å². The first kappa shape index (κ1) is 16.3. The summed E-state index contributed by atoms with van der Waals surface area (Å²) in [4.78, 5) is 15.5. The number of nitrogens with one attached hydrogen (secondary N) is 1. The zero-order valence-electron chi connectivity index (χ0n) is 13.4. The van der Waals surface area contributed by atoms with E-state index < -0.39 is 5.97 Å². The highest BCUT2D eigenvalue weighted by molar-refractivity contribution is 5.89. The molecule has 24 heavy (non-hydrogen) atoms. The maximum atomic E-state index is 11.1. The van der Waals surface area contributed by atoms with Gasteiger partial charge in [0.05, 0.1) is 31.1 Å². The van der Waals surface area contributed by atoms with E-state index >= 15 is 0 Å². The Morgan fingerprint density at radius 1 is 1.42 bits per heavy atom.